The van der Waals surface area contributed by atoms with Crippen LogP contribution in [0.1, 0.15) is 36.8 Å². The summed E-state index contributed by atoms with van der Waals surface area (Å²) in [7, 11) is 0. The number of carbonyl (C=O) groups excluding carboxylic acids is 1. The van der Waals surface area contributed by atoms with Crippen LogP contribution in [0.2, 0.25) is 0 Å². The van der Waals surface area contributed by atoms with Gasteiger partial charge in [0.2, 0.25) is 5.91 Å². The van der Waals surface area contributed by atoms with Crippen molar-refractivity contribution in [3.8, 4) is 0 Å². The molecule has 0 aliphatic carbocycles. The zero-order valence-electron chi connectivity index (χ0n) is 11.7. The molecule has 0 bridgehead atoms. The number of hydrogen-bond donors (Lipinski definition) is 2. The van der Waals surface area contributed by atoms with E-state index in [0.29, 0.717) is 12.5 Å². The molecular formula is C16H24N2O. The Morgan fingerprint density at radius 3 is 3.11 bits per heavy atom. The third-order valence-electron chi connectivity index (χ3n) is 3.70. The number of carbonyl (C=O) groups is 1. The Hall–Kier alpha value is -1.35. The van der Waals surface area contributed by atoms with E-state index < -0.39 is 0 Å². The number of nitrogens with one attached hydrogen (secondary N) is 2. The molecule has 2 rings (SSSR count). The van der Waals surface area contributed by atoms with Crippen molar-refractivity contribution in [3.63, 3.8) is 0 Å². The third kappa shape index (κ3) is 5.03. The molecule has 1 aromatic rings. The maximum absolute atomic E-state index is 11.7. The molecular weight excluding hydrogens is 236 g/mol. The largest absolute Gasteiger partial charge is 0.356 e. The lowest BCUT2D eigenvalue weighted by Gasteiger charge is -2.10. The highest BCUT2D eigenvalue weighted by Gasteiger charge is 2.13. The molecule has 3 heteroatoms. The first-order valence-electron chi connectivity index (χ1n) is 7.29. The minimum Gasteiger partial charge on any atom is -0.356 e. The molecule has 1 heterocycles. The molecule has 1 fully saturated rings. The number of aryl methyl sites for hydroxylation is 2. The fourth-order valence-corrected chi connectivity index (χ4v) is 2.60. The molecule has 0 radical (unpaired) electrons. The van der Waals surface area contributed by atoms with Crippen LogP contribution >= 0.6 is 0 Å². The molecule has 1 unspecified atom stereocenters. The third-order valence-corrected chi connectivity index (χ3v) is 3.70. The Balaban J connectivity index is 1.61. The second kappa shape index (κ2) is 7.29. The summed E-state index contributed by atoms with van der Waals surface area (Å²) in [5.41, 5.74) is 2.50. The van der Waals surface area contributed by atoms with Gasteiger partial charge in [-0.15, -0.1) is 0 Å². The smallest absolute Gasteiger partial charge is 0.220 e. The van der Waals surface area contributed by atoms with Crippen LogP contribution in [0.15, 0.2) is 24.3 Å². The minimum atomic E-state index is 0.166. The van der Waals surface area contributed by atoms with Gasteiger partial charge < -0.3 is 10.6 Å². The highest BCUT2D eigenvalue weighted by molar-refractivity contribution is 5.76. The average Bonchev–Trinajstić information content (AvgIpc) is 2.90. The zero-order chi connectivity index (χ0) is 13.5. The SMILES string of the molecule is Cc1cccc(CCC(=O)NCCC2CCCN2)c1. The van der Waals surface area contributed by atoms with E-state index in [2.05, 4.69) is 35.8 Å². The molecule has 0 aromatic heterocycles. The number of rotatable bonds is 6. The predicted octanol–water partition coefficient (Wildman–Crippen LogP) is 2.19. The van der Waals surface area contributed by atoms with E-state index in [9.17, 15) is 4.79 Å². The van der Waals surface area contributed by atoms with Gasteiger partial charge in [-0.05, 0) is 44.7 Å². The first-order chi connectivity index (χ1) is 9.24. The summed E-state index contributed by atoms with van der Waals surface area (Å²) in [6.45, 7) is 4.01. The Kier molecular flexibility index (Phi) is 5.40. The van der Waals surface area contributed by atoms with Crippen molar-refractivity contribution in [3.05, 3.63) is 35.4 Å². The number of amides is 1. The summed E-state index contributed by atoms with van der Waals surface area (Å²) in [5, 5.41) is 6.46. The lowest BCUT2D eigenvalue weighted by molar-refractivity contribution is -0.121. The van der Waals surface area contributed by atoms with Gasteiger partial charge in [-0.25, -0.2) is 0 Å². The monoisotopic (exact) mass is 260 g/mol. The molecule has 1 aliphatic heterocycles. The van der Waals surface area contributed by atoms with Gasteiger partial charge in [-0.2, -0.15) is 0 Å². The van der Waals surface area contributed by atoms with Gasteiger partial charge >= 0.3 is 0 Å². The Morgan fingerprint density at radius 1 is 1.47 bits per heavy atom. The van der Waals surface area contributed by atoms with Gasteiger partial charge in [-0.1, -0.05) is 29.8 Å². The normalized spacial score (nSPS) is 18.5. The van der Waals surface area contributed by atoms with Crippen molar-refractivity contribution >= 4 is 5.91 Å². The van der Waals surface area contributed by atoms with Gasteiger partial charge in [0.25, 0.3) is 0 Å². The molecule has 3 nitrogen and oxygen atoms in total. The van der Waals surface area contributed by atoms with Gasteiger partial charge in [0.05, 0.1) is 0 Å². The first kappa shape index (κ1) is 14.1. The van der Waals surface area contributed by atoms with Crippen LogP contribution in [0.3, 0.4) is 0 Å². The van der Waals surface area contributed by atoms with Crippen LogP contribution in [0.5, 0.6) is 0 Å². The predicted molar refractivity (Wildman–Crippen MR) is 78.2 cm³/mol. The Morgan fingerprint density at radius 2 is 2.37 bits per heavy atom. The van der Waals surface area contributed by atoms with Crippen LogP contribution in [0.25, 0.3) is 0 Å². The first-order valence-corrected chi connectivity index (χ1v) is 7.29. The lowest BCUT2D eigenvalue weighted by Crippen LogP contribution is -2.30. The van der Waals surface area contributed by atoms with Crippen LogP contribution in [0, 0.1) is 6.92 Å². The maximum Gasteiger partial charge on any atom is 0.220 e. The molecule has 0 saturated carbocycles. The van der Waals surface area contributed by atoms with E-state index in [1.165, 1.54) is 24.0 Å². The van der Waals surface area contributed by atoms with E-state index in [0.717, 1.165) is 25.9 Å². The summed E-state index contributed by atoms with van der Waals surface area (Å²) in [5.74, 6) is 0.166. The van der Waals surface area contributed by atoms with Gasteiger partial charge in [0.15, 0.2) is 0 Å². The summed E-state index contributed by atoms with van der Waals surface area (Å²) in [4.78, 5) is 11.7. The molecule has 0 spiro atoms. The van der Waals surface area contributed by atoms with Crippen molar-refractivity contribution in [1.82, 2.24) is 10.6 Å². The van der Waals surface area contributed by atoms with E-state index in [4.69, 9.17) is 0 Å². The molecule has 1 aliphatic rings. The number of hydrogen-bond acceptors (Lipinski definition) is 2. The van der Waals surface area contributed by atoms with Crippen LogP contribution in [0.4, 0.5) is 0 Å². The summed E-state index contributed by atoms with van der Waals surface area (Å²) >= 11 is 0. The van der Waals surface area contributed by atoms with Gasteiger partial charge in [0.1, 0.15) is 0 Å². The minimum absolute atomic E-state index is 0.166. The topological polar surface area (TPSA) is 41.1 Å². The summed E-state index contributed by atoms with van der Waals surface area (Å²) in [6, 6.07) is 8.97. The molecule has 1 amide bonds. The zero-order valence-corrected chi connectivity index (χ0v) is 11.7. The van der Waals surface area contributed by atoms with Crippen molar-refractivity contribution in [2.24, 2.45) is 0 Å². The highest BCUT2D eigenvalue weighted by atomic mass is 16.1. The maximum atomic E-state index is 11.7. The van der Waals surface area contributed by atoms with E-state index in [-0.39, 0.29) is 5.91 Å². The molecule has 1 aromatic carbocycles. The average molecular weight is 260 g/mol. The Labute approximate surface area is 115 Å². The van der Waals surface area contributed by atoms with E-state index >= 15 is 0 Å². The van der Waals surface area contributed by atoms with Crippen molar-refractivity contribution in [2.75, 3.05) is 13.1 Å². The molecule has 104 valence electrons. The molecule has 1 atom stereocenters. The summed E-state index contributed by atoms with van der Waals surface area (Å²) in [6.07, 6.45) is 4.98. The molecule has 19 heavy (non-hydrogen) atoms. The standard InChI is InChI=1S/C16H24N2O/c1-13-4-2-5-14(12-13)7-8-16(19)18-11-9-15-6-3-10-17-15/h2,4-5,12,15,17H,3,6-11H2,1H3,(H,18,19). The van der Waals surface area contributed by atoms with Gasteiger partial charge in [-0.3, -0.25) is 4.79 Å². The van der Waals surface area contributed by atoms with Crippen molar-refractivity contribution < 1.29 is 4.79 Å². The van der Waals surface area contributed by atoms with E-state index in [1.807, 2.05) is 6.07 Å². The highest BCUT2D eigenvalue weighted by Crippen LogP contribution is 2.08. The van der Waals surface area contributed by atoms with Crippen molar-refractivity contribution in [1.29, 1.82) is 0 Å². The second-order valence-electron chi connectivity index (χ2n) is 5.42. The van der Waals surface area contributed by atoms with Crippen LogP contribution in [-0.4, -0.2) is 25.0 Å². The van der Waals surface area contributed by atoms with Crippen LogP contribution in [-0.2, 0) is 11.2 Å². The lowest BCUT2D eigenvalue weighted by atomic mass is 10.1. The quantitative estimate of drug-likeness (QED) is 0.823. The molecule has 2 N–H and O–H groups in total. The molecule has 1 saturated heterocycles. The summed E-state index contributed by atoms with van der Waals surface area (Å²) < 4.78 is 0. The Bertz CT molecular complexity index is 411. The second-order valence-corrected chi connectivity index (χ2v) is 5.42. The fraction of sp³-hybridized carbons (Fsp3) is 0.562. The van der Waals surface area contributed by atoms with Crippen LogP contribution < -0.4 is 10.6 Å². The fourth-order valence-electron chi connectivity index (χ4n) is 2.60. The van der Waals surface area contributed by atoms with Gasteiger partial charge in [0, 0.05) is 19.0 Å². The van der Waals surface area contributed by atoms with E-state index in [1.54, 1.807) is 0 Å². The number of benzene rings is 1. The van der Waals surface area contributed by atoms with Crippen molar-refractivity contribution in [2.45, 2.75) is 45.1 Å².